The highest BCUT2D eigenvalue weighted by Crippen LogP contribution is 2.25. The van der Waals surface area contributed by atoms with Crippen LogP contribution >= 0.6 is 0 Å². The molecule has 2 N–H and O–H groups in total. The maximum Gasteiger partial charge on any atom is 0.252 e. The summed E-state index contributed by atoms with van der Waals surface area (Å²) in [6.45, 7) is 1.81. The fourth-order valence-electron chi connectivity index (χ4n) is 2.94. The highest BCUT2D eigenvalue weighted by molar-refractivity contribution is 6.07. The number of aromatic nitrogens is 2. The number of nitrogens with zero attached hydrogens (tertiary/aromatic N) is 3. The van der Waals surface area contributed by atoms with E-state index in [2.05, 4.69) is 20.8 Å². The van der Waals surface area contributed by atoms with Gasteiger partial charge in [-0.2, -0.15) is 0 Å². The molecule has 3 aromatic rings. The highest BCUT2D eigenvalue weighted by atomic mass is 16.5. The van der Waals surface area contributed by atoms with Crippen LogP contribution in [0.15, 0.2) is 40.9 Å². The molecule has 0 bridgehead atoms. The molecule has 144 valence electrons. The average molecular weight is 379 g/mol. The molecular formula is C20H21N5O3. The zero-order valence-electron chi connectivity index (χ0n) is 15.7. The van der Waals surface area contributed by atoms with Gasteiger partial charge < -0.3 is 20.1 Å². The molecule has 1 aliphatic rings. The smallest absolute Gasteiger partial charge is 0.252 e. The monoisotopic (exact) mass is 379 g/mol. The van der Waals surface area contributed by atoms with Crippen molar-refractivity contribution in [3.63, 3.8) is 0 Å². The number of likely N-dealkylation sites (N-methyl/N-ethyl adjacent to an activating group) is 1. The first-order chi connectivity index (χ1) is 13.5. The standard InChI is InChI=1S/C20H21N5O3/c1-12-9-17(24-28-12)23-19(26)11-25(2)18-10-15(20(27)21-13-7-8-13)14-5-3-4-6-16(14)22-18/h3-6,9-10,13H,7-8,11H2,1-2H3,(H,21,27)(H,23,24,26). The number of fused-ring (bicyclic) bond motifs is 1. The van der Waals surface area contributed by atoms with Gasteiger partial charge in [0.05, 0.1) is 17.6 Å². The molecule has 8 heteroatoms. The maximum atomic E-state index is 12.7. The summed E-state index contributed by atoms with van der Waals surface area (Å²) >= 11 is 0. The minimum Gasteiger partial charge on any atom is -0.360 e. The molecule has 0 aliphatic heterocycles. The second-order valence-corrected chi connectivity index (χ2v) is 7.02. The van der Waals surface area contributed by atoms with Crippen LogP contribution in [0.25, 0.3) is 10.9 Å². The van der Waals surface area contributed by atoms with Gasteiger partial charge in [0.1, 0.15) is 11.6 Å². The summed E-state index contributed by atoms with van der Waals surface area (Å²) in [4.78, 5) is 31.3. The molecule has 0 unspecified atom stereocenters. The van der Waals surface area contributed by atoms with Crippen LogP contribution in [0.1, 0.15) is 29.0 Å². The molecule has 2 heterocycles. The maximum absolute atomic E-state index is 12.7. The third-order valence-corrected chi connectivity index (χ3v) is 4.53. The molecule has 8 nitrogen and oxygen atoms in total. The van der Waals surface area contributed by atoms with Crippen LogP contribution < -0.4 is 15.5 Å². The Morgan fingerprint density at radius 3 is 2.75 bits per heavy atom. The minimum atomic E-state index is -0.255. The number of amides is 2. The zero-order chi connectivity index (χ0) is 19.7. The number of nitrogens with one attached hydrogen (secondary N) is 2. The van der Waals surface area contributed by atoms with Gasteiger partial charge in [-0.15, -0.1) is 0 Å². The number of carbonyl (C=O) groups excluding carboxylic acids is 2. The van der Waals surface area contributed by atoms with E-state index < -0.39 is 0 Å². The summed E-state index contributed by atoms with van der Waals surface area (Å²) in [6.07, 6.45) is 2.03. The first-order valence-electron chi connectivity index (χ1n) is 9.14. The first kappa shape index (κ1) is 18.0. The van der Waals surface area contributed by atoms with E-state index >= 15 is 0 Å². The second kappa shape index (κ2) is 7.30. The molecule has 28 heavy (non-hydrogen) atoms. The van der Waals surface area contributed by atoms with Gasteiger partial charge >= 0.3 is 0 Å². The van der Waals surface area contributed by atoms with E-state index in [4.69, 9.17) is 4.52 Å². The molecule has 1 aromatic carbocycles. The van der Waals surface area contributed by atoms with Gasteiger partial charge in [0.2, 0.25) is 5.91 Å². The summed E-state index contributed by atoms with van der Waals surface area (Å²) in [5.41, 5.74) is 1.27. The van der Waals surface area contributed by atoms with Crippen LogP contribution in [0.2, 0.25) is 0 Å². The Morgan fingerprint density at radius 2 is 2.04 bits per heavy atom. The van der Waals surface area contributed by atoms with Gasteiger partial charge in [-0.1, -0.05) is 23.4 Å². The Balaban J connectivity index is 1.56. The van der Waals surface area contributed by atoms with Crippen molar-refractivity contribution in [1.82, 2.24) is 15.5 Å². The number of carbonyl (C=O) groups is 2. The summed E-state index contributed by atoms with van der Waals surface area (Å²) in [7, 11) is 1.76. The quantitative estimate of drug-likeness (QED) is 0.683. The van der Waals surface area contributed by atoms with Crippen LogP contribution in [-0.2, 0) is 4.79 Å². The van der Waals surface area contributed by atoms with Crippen LogP contribution in [0.5, 0.6) is 0 Å². The van der Waals surface area contributed by atoms with Crippen LogP contribution in [0.4, 0.5) is 11.6 Å². The average Bonchev–Trinajstić information content (AvgIpc) is 3.40. The van der Waals surface area contributed by atoms with E-state index in [1.54, 1.807) is 31.0 Å². The Bertz CT molecular complexity index is 1040. The number of benzene rings is 1. The van der Waals surface area contributed by atoms with E-state index in [0.717, 1.165) is 18.2 Å². The summed E-state index contributed by atoms with van der Waals surface area (Å²) < 4.78 is 4.95. The van der Waals surface area contributed by atoms with Gasteiger partial charge in [0.25, 0.3) is 5.91 Å². The second-order valence-electron chi connectivity index (χ2n) is 7.02. The fourth-order valence-corrected chi connectivity index (χ4v) is 2.94. The minimum absolute atomic E-state index is 0.0565. The van der Waals surface area contributed by atoms with Crippen molar-refractivity contribution in [2.45, 2.75) is 25.8 Å². The predicted octanol–water partition coefficient (Wildman–Crippen LogP) is 2.50. The molecule has 0 atom stereocenters. The number of rotatable bonds is 6. The Kier molecular flexibility index (Phi) is 4.68. The third kappa shape index (κ3) is 3.95. The molecule has 4 rings (SSSR count). The van der Waals surface area contributed by atoms with Gasteiger partial charge in [-0.05, 0) is 31.9 Å². The topological polar surface area (TPSA) is 100 Å². The predicted molar refractivity (Wildman–Crippen MR) is 105 cm³/mol. The largest absolute Gasteiger partial charge is 0.360 e. The molecule has 1 fully saturated rings. The molecule has 1 aliphatic carbocycles. The van der Waals surface area contributed by atoms with Crippen molar-refractivity contribution < 1.29 is 14.1 Å². The fraction of sp³-hybridized carbons (Fsp3) is 0.300. The number of pyridine rings is 1. The van der Waals surface area contributed by atoms with E-state index in [1.807, 2.05) is 24.3 Å². The number of para-hydroxylation sites is 1. The lowest BCUT2D eigenvalue weighted by molar-refractivity contribution is -0.115. The first-order valence-corrected chi connectivity index (χ1v) is 9.14. The molecule has 0 spiro atoms. The van der Waals surface area contributed by atoms with Gasteiger partial charge in [-0.3, -0.25) is 9.59 Å². The highest BCUT2D eigenvalue weighted by Gasteiger charge is 2.25. The normalized spacial score (nSPS) is 13.4. The van der Waals surface area contributed by atoms with Gasteiger partial charge in [0, 0.05) is 24.5 Å². The Labute approximate surface area is 161 Å². The van der Waals surface area contributed by atoms with Crippen LogP contribution in [0, 0.1) is 6.92 Å². The summed E-state index contributed by atoms with van der Waals surface area (Å²) in [5.74, 6) is 1.16. The van der Waals surface area contributed by atoms with E-state index in [9.17, 15) is 9.59 Å². The molecule has 2 amide bonds. The number of hydrogen-bond acceptors (Lipinski definition) is 6. The number of aryl methyl sites for hydroxylation is 1. The van der Waals surface area contributed by atoms with Crippen molar-refractivity contribution in [3.8, 4) is 0 Å². The SMILES string of the molecule is Cc1cc(NC(=O)CN(C)c2cc(C(=O)NC3CC3)c3ccccc3n2)no1. The number of hydrogen-bond donors (Lipinski definition) is 2. The van der Waals surface area contributed by atoms with Gasteiger partial charge in [-0.25, -0.2) is 4.98 Å². The van der Waals surface area contributed by atoms with E-state index in [-0.39, 0.29) is 24.4 Å². The van der Waals surface area contributed by atoms with Crippen molar-refractivity contribution in [2.75, 3.05) is 23.8 Å². The molecule has 0 radical (unpaired) electrons. The van der Waals surface area contributed by atoms with Crippen molar-refractivity contribution >= 4 is 34.4 Å². The number of anilines is 2. The van der Waals surface area contributed by atoms with E-state index in [0.29, 0.717) is 28.5 Å². The molecule has 1 saturated carbocycles. The van der Waals surface area contributed by atoms with Crippen molar-refractivity contribution in [1.29, 1.82) is 0 Å². The Morgan fingerprint density at radius 1 is 1.25 bits per heavy atom. The lowest BCUT2D eigenvalue weighted by atomic mass is 10.1. The third-order valence-electron chi connectivity index (χ3n) is 4.53. The molecule has 2 aromatic heterocycles. The van der Waals surface area contributed by atoms with Gasteiger partial charge in [0.15, 0.2) is 5.82 Å². The Hall–Kier alpha value is -3.42. The molecular weight excluding hydrogens is 358 g/mol. The summed E-state index contributed by atoms with van der Waals surface area (Å²) in [5, 5.41) is 10.2. The zero-order valence-corrected chi connectivity index (χ0v) is 15.7. The lowest BCUT2D eigenvalue weighted by Gasteiger charge is -2.19. The van der Waals surface area contributed by atoms with Crippen molar-refractivity contribution in [2.24, 2.45) is 0 Å². The molecule has 0 saturated heterocycles. The summed E-state index contributed by atoms with van der Waals surface area (Å²) in [6, 6.07) is 11.1. The van der Waals surface area contributed by atoms with Crippen LogP contribution in [-0.4, -0.2) is 41.6 Å². The van der Waals surface area contributed by atoms with E-state index in [1.165, 1.54) is 0 Å². The van der Waals surface area contributed by atoms with Crippen LogP contribution in [0.3, 0.4) is 0 Å². The van der Waals surface area contributed by atoms with Crippen molar-refractivity contribution in [3.05, 3.63) is 47.7 Å². The lowest BCUT2D eigenvalue weighted by Crippen LogP contribution is -2.31.